The molecule has 1 unspecified atom stereocenters. The predicted molar refractivity (Wildman–Crippen MR) is 126 cm³/mol. The number of amides is 1. The van der Waals surface area contributed by atoms with E-state index in [1.807, 2.05) is 13.8 Å². The lowest BCUT2D eigenvalue weighted by atomic mass is 9.93. The Balaban J connectivity index is 1.94. The van der Waals surface area contributed by atoms with Gasteiger partial charge in [-0.1, -0.05) is 26.0 Å². The van der Waals surface area contributed by atoms with Crippen LogP contribution in [0.3, 0.4) is 0 Å². The van der Waals surface area contributed by atoms with E-state index in [1.165, 1.54) is 41.3 Å². The molecule has 6 nitrogen and oxygen atoms in total. The highest BCUT2D eigenvalue weighted by molar-refractivity contribution is 6.51. The van der Waals surface area contributed by atoms with E-state index in [0.29, 0.717) is 22.6 Å². The lowest BCUT2D eigenvalue weighted by Gasteiger charge is -2.25. The first-order valence-electron chi connectivity index (χ1n) is 10.8. The number of carbonyl (C=O) groups is 2. The number of hydrogen-bond acceptors (Lipinski definition) is 5. The van der Waals surface area contributed by atoms with Crippen molar-refractivity contribution in [3.8, 4) is 11.5 Å². The number of carbonyl (C=O) groups excluding carboxylic acids is 2. The van der Waals surface area contributed by atoms with E-state index in [9.17, 15) is 24.2 Å². The normalized spacial score (nSPS) is 17.4. The molecule has 7 heteroatoms. The number of halogens is 1. The first-order valence-corrected chi connectivity index (χ1v) is 10.8. The van der Waals surface area contributed by atoms with Gasteiger partial charge in [0, 0.05) is 11.3 Å². The molecule has 1 heterocycles. The third kappa shape index (κ3) is 4.01. The van der Waals surface area contributed by atoms with Crippen LogP contribution in [0.1, 0.15) is 42.5 Å². The number of rotatable bonds is 5. The Bertz CT molecular complexity index is 1280. The van der Waals surface area contributed by atoms with Crippen LogP contribution in [0, 0.1) is 5.82 Å². The van der Waals surface area contributed by atoms with Crippen LogP contribution in [0.25, 0.3) is 5.76 Å². The Labute approximate surface area is 196 Å². The van der Waals surface area contributed by atoms with Crippen LogP contribution in [0.5, 0.6) is 11.5 Å². The largest absolute Gasteiger partial charge is 0.508 e. The summed E-state index contributed by atoms with van der Waals surface area (Å²) in [5, 5.41) is 21.0. The van der Waals surface area contributed by atoms with Gasteiger partial charge < -0.3 is 14.9 Å². The van der Waals surface area contributed by atoms with E-state index in [4.69, 9.17) is 4.74 Å². The van der Waals surface area contributed by atoms with Gasteiger partial charge in [0.25, 0.3) is 11.7 Å². The van der Waals surface area contributed by atoms with E-state index < -0.39 is 23.5 Å². The summed E-state index contributed by atoms with van der Waals surface area (Å²) in [6.07, 6.45) is 0. The minimum absolute atomic E-state index is 0.0132. The lowest BCUT2D eigenvalue weighted by Crippen LogP contribution is -2.29. The summed E-state index contributed by atoms with van der Waals surface area (Å²) in [5.41, 5.74) is 1.91. The fourth-order valence-electron chi connectivity index (χ4n) is 4.16. The molecule has 1 aliphatic heterocycles. The topological polar surface area (TPSA) is 87.1 Å². The van der Waals surface area contributed by atoms with E-state index in [-0.39, 0.29) is 23.0 Å². The molecular weight excluding hydrogens is 437 g/mol. The Kier molecular flexibility index (Phi) is 6.11. The van der Waals surface area contributed by atoms with E-state index in [2.05, 4.69) is 0 Å². The zero-order valence-electron chi connectivity index (χ0n) is 18.9. The van der Waals surface area contributed by atoms with Gasteiger partial charge in [0.15, 0.2) is 0 Å². The van der Waals surface area contributed by atoms with Gasteiger partial charge in [0.05, 0.1) is 18.7 Å². The number of benzene rings is 3. The molecule has 1 aliphatic rings. The molecule has 0 bridgehead atoms. The van der Waals surface area contributed by atoms with Crippen molar-refractivity contribution >= 4 is 23.1 Å². The molecule has 0 aliphatic carbocycles. The van der Waals surface area contributed by atoms with E-state index in [1.54, 1.807) is 37.4 Å². The number of aliphatic hydroxyl groups excluding tert-OH is 1. The highest BCUT2D eigenvalue weighted by atomic mass is 19.1. The molecule has 4 rings (SSSR count). The molecule has 1 saturated heterocycles. The van der Waals surface area contributed by atoms with E-state index in [0.717, 1.165) is 5.56 Å². The van der Waals surface area contributed by atoms with Crippen LogP contribution in [0.2, 0.25) is 0 Å². The standard InChI is InChI=1S/C27H24FNO5/c1-15(2)21-14-17(6-13-22(21)34-3)25(31)23-24(16-4-11-20(30)12-5-16)29(27(33)26(23)32)19-9-7-18(28)8-10-19/h4-15,24,30-31H,1-3H3/b25-23-. The van der Waals surface area contributed by atoms with Gasteiger partial charge in [0.1, 0.15) is 23.1 Å². The number of hydrogen-bond donors (Lipinski definition) is 2. The fourth-order valence-corrected chi connectivity index (χ4v) is 4.16. The molecule has 2 N–H and O–H groups in total. The number of ketones is 1. The van der Waals surface area contributed by atoms with E-state index >= 15 is 0 Å². The maximum atomic E-state index is 13.5. The van der Waals surface area contributed by atoms with Crippen LogP contribution in [-0.4, -0.2) is 29.0 Å². The van der Waals surface area contributed by atoms with Crippen molar-refractivity contribution in [2.24, 2.45) is 0 Å². The van der Waals surface area contributed by atoms with Crippen molar-refractivity contribution in [1.29, 1.82) is 0 Å². The van der Waals surface area contributed by atoms with Gasteiger partial charge in [-0.25, -0.2) is 4.39 Å². The van der Waals surface area contributed by atoms with Crippen molar-refractivity contribution in [2.75, 3.05) is 12.0 Å². The van der Waals surface area contributed by atoms with Crippen molar-refractivity contribution in [3.05, 3.63) is 94.8 Å². The molecule has 174 valence electrons. The van der Waals surface area contributed by atoms with Crippen LogP contribution >= 0.6 is 0 Å². The third-order valence-corrected chi connectivity index (χ3v) is 5.88. The fraction of sp³-hybridized carbons (Fsp3) is 0.185. The minimum atomic E-state index is -0.976. The average Bonchev–Trinajstić information content (AvgIpc) is 3.09. The van der Waals surface area contributed by atoms with Crippen molar-refractivity contribution in [3.63, 3.8) is 0 Å². The third-order valence-electron chi connectivity index (χ3n) is 5.88. The Morgan fingerprint density at radius 2 is 1.65 bits per heavy atom. The zero-order valence-corrected chi connectivity index (χ0v) is 18.9. The van der Waals surface area contributed by atoms with Gasteiger partial charge in [-0.15, -0.1) is 0 Å². The maximum Gasteiger partial charge on any atom is 0.300 e. The molecule has 3 aromatic carbocycles. The van der Waals surface area contributed by atoms with Gasteiger partial charge in [0.2, 0.25) is 0 Å². The Morgan fingerprint density at radius 1 is 1.00 bits per heavy atom. The summed E-state index contributed by atoms with van der Waals surface area (Å²) in [4.78, 5) is 27.6. The highest BCUT2D eigenvalue weighted by Gasteiger charge is 2.47. The summed E-state index contributed by atoms with van der Waals surface area (Å²) in [6.45, 7) is 3.96. The number of Topliss-reactive ketones (excluding diaryl/α,β-unsaturated/α-hetero) is 1. The SMILES string of the molecule is COc1ccc(/C(O)=C2/C(=O)C(=O)N(c3ccc(F)cc3)C2c2ccc(O)cc2)cc1C(C)C. The van der Waals surface area contributed by atoms with Gasteiger partial charge in [-0.3, -0.25) is 14.5 Å². The van der Waals surface area contributed by atoms with Crippen molar-refractivity contribution in [2.45, 2.75) is 25.8 Å². The predicted octanol–water partition coefficient (Wildman–Crippen LogP) is 5.29. The molecule has 1 fully saturated rings. The quantitative estimate of drug-likeness (QED) is 0.306. The molecule has 0 aromatic heterocycles. The molecule has 0 radical (unpaired) electrons. The first kappa shape index (κ1) is 23.0. The molecule has 0 spiro atoms. The summed E-state index contributed by atoms with van der Waals surface area (Å²) < 4.78 is 19.0. The van der Waals surface area contributed by atoms with Crippen LogP contribution in [0.4, 0.5) is 10.1 Å². The van der Waals surface area contributed by atoms with Crippen LogP contribution in [-0.2, 0) is 9.59 Å². The number of nitrogens with zero attached hydrogens (tertiary/aromatic N) is 1. The number of methoxy groups -OCH3 is 1. The summed E-state index contributed by atoms with van der Waals surface area (Å²) in [5.74, 6) is -1.78. The molecule has 3 aromatic rings. The second-order valence-electron chi connectivity index (χ2n) is 8.35. The molecule has 1 atom stereocenters. The number of ether oxygens (including phenoxy) is 1. The lowest BCUT2D eigenvalue weighted by molar-refractivity contribution is -0.132. The summed E-state index contributed by atoms with van der Waals surface area (Å²) >= 11 is 0. The number of phenolic OH excluding ortho intramolecular Hbond substituents is 1. The second-order valence-corrected chi connectivity index (χ2v) is 8.35. The van der Waals surface area contributed by atoms with Gasteiger partial charge >= 0.3 is 0 Å². The minimum Gasteiger partial charge on any atom is -0.508 e. The van der Waals surface area contributed by atoms with Crippen LogP contribution < -0.4 is 9.64 Å². The maximum absolute atomic E-state index is 13.5. The number of aromatic hydroxyl groups is 1. The van der Waals surface area contributed by atoms with Crippen molar-refractivity contribution < 1.29 is 28.9 Å². The molecular formula is C27H24FNO5. The highest BCUT2D eigenvalue weighted by Crippen LogP contribution is 2.43. The van der Waals surface area contributed by atoms with Crippen molar-refractivity contribution in [1.82, 2.24) is 0 Å². The molecule has 1 amide bonds. The first-order chi connectivity index (χ1) is 16.2. The molecule has 34 heavy (non-hydrogen) atoms. The number of anilines is 1. The summed E-state index contributed by atoms with van der Waals surface area (Å²) in [7, 11) is 1.56. The molecule has 0 saturated carbocycles. The Hall–Kier alpha value is -4.13. The van der Waals surface area contributed by atoms with Gasteiger partial charge in [-0.05, 0) is 71.6 Å². The smallest absolute Gasteiger partial charge is 0.300 e. The summed E-state index contributed by atoms with van der Waals surface area (Å²) in [6, 6.07) is 15.3. The average molecular weight is 461 g/mol. The number of aliphatic hydroxyl groups is 1. The zero-order chi connectivity index (χ0) is 24.6. The number of phenols is 1. The second kappa shape index (κ2) is 9.02. The van der Waals surface area contributed by atoms with Crippen LogP contribution in [0.15, 0.2) is 72.3 Å². The Morgan fingerprint density at radius 3 is 2.24 bits per heavy atom. The van der Waals surface area contributed by atoms with Gasteiger partial charge in [-0.2, -0.15) is 0 Å². The monoisotopic (exact) mass is 461 g/mol.